The Balaban J connectivity index is 1.57. The summed E-state index contributed by atoms with van der Waals surface area (Å²) in [5, 5.41) is 0. The van der Waals surface area contributed by atoms with Crippen LogP contribution in [0.2, 0.25) is 0 Å². The van der Waals surface area contributed by atoms with Crippen molar-refractivity contribution >= 4 is 5.91 Å². The van der Waals surface area contributed by atoms with E-state index in [1.165, 1.54) is 12.1 Å². The molecule has 6 heteroatoms. The fourth-order valence-electron chi connectivity index (χ4n) is 3.78. The molecule has 1 saturated heterocycles. The Morgan fingerprint density at radius 2 is 1.83 bits per heavy atom. The number of carbonyl (C=O) groups is 1. The number of carbonyl (C=O) groups excluding carboxylic acids is 1. The molecule has 0 aliphatic carbocycles. The number of aryl methyl sites for hydroxylation is 2. The summed E-state index contributed by atoms with van der Waals surface area (Å²) in [6, 6.07) is 10.6. The number of likely N-dealkylation sites (tertiary alicyclic amines) is 1. The summed E-state index contributed by atoms with van der Waals surface area (Å²) < 4.78 is 13.3. The molecule has 2 aromatic heterocycles. The van der Waals surface area contributed by atoms with Crippen LogP contribution in [0.3, 0.4) is 0 Å². The number of piperidine rings is 1. The first-order chi connectivity index (χ1) is 14.0. The minimum absolute atomic E-state index is 0.0892. The van der Waals surface area contributed by atoms with Crippen LogP contribution in [-0.2, 0) is 0 Å². The lowest BCUT2D eigenvalue weighted by atomic mass is 9.92. The first kappa shape index (κ1) is 19.2. The van der Waals surface area contributed by atoms with Gasteiger partial charge in [0.1, 0.15) is 11.5 Å². The number of halogens is 1. The zero-order chi connectivity index (χ0) is 20.4. The van der Waals surface area contributed by atoms with Crippen molar-refractivity contribution in [1.29, 1.82) is 0 Å². The number of rotatable bonds is 3. The highest BCUT2D eigenvalue weighted by molar-refractivity contribution is 5.92. The molecule has 1 aliphatic rings. The van der Waals surface area contributed by atoms with E-state index in [-0.39, 0.29) is 17.6 Å². The van der Waals surface area contributed by atoms with E-state index in [0.717, 1.165) is 41.1 Å². The van der Waals surface area contributed by atoms with Gasteiger partial charge >= 0.3 is 0 Å². The Hall–Kier alpha value is -3.15. The van der Waals surface area contributed by atoms with Crippen LogP contribution in [0, 0.1) is 19.7 Å². The third kappa shape index (κ3) is 4.31. The van der Waals surface area contributed by atoms with Gasteiger partial charge < -0.3 is 4.90 Å². The highest BCUT2D eigenvalue weighted by Gasteiger charge is 2.27. The second kappa shape index (κ2) is 8.07. The number of hydrogen-bond acceptors (Lipinski definition) is 4. The van der Waals surface area contributed by atoms with Crippen LogP contribution in [0.25, 0.3) is 11.1 Å². The summed E-state index contributed by atoms with van der Waals surface area (Å²) in [6.45, 7) is 5.12. The maximum atomic E-state index is 13.3. The van der Waals surface area contributed by atoms with E-state index >= 15 is 0 Å². The second-order valence-electron chi connectivity index (χ2n) is 7.56. The fraction of sp³-hybridized carbons (Fsp3) is 0.304. The Morgan fingerprint density at radius 3 is 2.55 bits per heavy atom. The molecule has 1 aliphatic heterocycles. The van der Waals surface area contributed by atoms with E-state index < -0.39 is 0 Å². The van der Waals surface area contributed by atoms with Crippen LogP contribution in [0.15, 0.2) is 48.8 Å². The van der Waals surface area contributed by atoms with Gasteiger partial charge in [-0.15, -0.1) is 0 Å². The van der Waals surface area contributed by atoms with Crippen LogP contribution in [0.5, 0.6) is 0 Å². The Kier molecular flexibility index (Phi) is 5.34. The van der Waals surface area contributed by atoms with Crippen molar-refractivity contribution in [3.63, 3.8) is 0 Å². The quantitative estimate of drug-likeness (QED) is 0.668. The van der Waals surface area contributed by atoms with Crippen molar-refractivity contribution in [3.8, 4) is 11.1 Å². The van der Waals surface area contributed by atoms with Gasteiger partial charge in [0.25, 0.3) is 5.91 Å². The monoisotopic (exact) mass is 390 g/mol. The lowest BCUT2D eigenvalue weighted by Crippen LogP contribution is -2.39. The number of aromatic nitrogens is 3. The SMILES string of the molecule is Cc1cnc(C(=O)N2CCC[C@H](c3cc(-c4ccc(F)cc4)cc(C)n3)C2)cn1. The molecule has 3 aromatic rings. The summed E-state index contributed by atoms with van der Waals surface area (Å²) in [5.74, 6) is -0.181. The van der Waals surface area contributed by atoms with Crippen molar-refractivity contribution in [2.24, 2.45) is 0 Å². The largest absolute Gasteiger partial charge is 0.337 e. The van der Waals surface area contributed by atoms with Gasteiger partial charge in [-0.05, 0) is 62.1 Å². The molecular formula is C23H23FN4O. The molecule has 5 nitrogen and oxygen atoms in total. The zero-order valence-electron chi connectivity index (χ0n) is 16.6. The minimum atomic E-state index is -0.250. The van der Waals surface area contributed by atoms with E-state index in [0.29, 0.717) is 18.8 Å². The standard InChI is InChI=1S/C23H23FN4O/c1-15-10-19(17-5-7-20(24)8-6-17)11-21(27-15)18-4-3-9-28(14-18)23(29)22-13-25-16(2)12-26-22/h5-8,10-13,18H,3-4,9,14H2,1-2H3/t18-/m0/s1. The molecule has 1 fully saturated rings. The molecule has 4 rings (SSSR count). The summed E-state index contributed by atoms with van der Waals surface area (Å²) in [4.78, 5) is 27.8. The van der Waals surface area contributed by atoms with Crippen LogP contribution < -0.4 is 0 Å². The maximum absolute atomic E-state index is 13.3. The average molecular weight is 390 g/mol. The molecule has 3 heterocycles. The number of amides is 1. The van der Waals surface area contributed by atoms with Gasteiger partial charge in [-0.2, -0.15) is 0 Å². The Morgan fingerprint density at radius 1 is 1.03 bits per heavy atom. The molecule has 0 bridgehead atoms. The first-order valence-electron chi connectivity index (χ1n) is 9.82. The molecule has 148 valence electrons. The normalized spacial score (nSPS) is 16.7. The van der Waals surface area contributed by atoms with E-state index in [4.69, 9.17) is 4.98 Å². The lowest BCUT2D eigenvalue weighted by molar-refractivity contribution is 0.0699. The number of hydrogen-bond donors (Lipinski definition) is 0. The molecule has 1 aromatic carbocycles. The van der Waals surface area contributed by atoms with Crippen molar-refractivity contribution in [2.75, 3.05) is 13.1 Å². The van der Waals surface area contributed by atoms with Crippen molar-refractivity contribution in [2.45, 2.75) is 32.6 Å². The average Bonchev–Trinajstić information content (AvgIpc) is 2.74. The minimum Gasteiger partial charge on any atom is -0.337 e. The second-order valence-corrected chi connectivity index (χ2v) is 7.56. The molecule has 1 amide bonds. The predicted octanol–water partition coefficient (Wildman–Crippen LogP) is 4.31. The number of benzene rings is 1. The van der Waals surface area contributed by atoms with Gasteiger partial charge in [-0.3, -0.25) is 14.8 Å². The van der Waals surface area contributed by atoms with Crippen LogP contribution >= 0.6 is 0 Å². The summed E-state index contributed by atoms with van der Waals surface area (Å²) in [7, 11) is 0. The summed E-state index contributed by atoms with van der Waals surface area (Å²) >= 11 is 0. The highest BCUT2D eigenvalue weighted by Crippen LogP contribution is 2.30. The molecule has 29 heavy (non-hydrogen) atoms. The Labute approximate surface area is 169 Å². The van der Waals surface area contributed by atoms with Gasteiger partial charge in [-0.1, -0.05) is 12.1 Å². The highest BCUT2D eigenvalue weighted by atomic mass is 19.1. The predicted molar refractivity (Wildman–Crippen MR) is 109 cm³/mol. The third-order valence-corrected chi connectivity index (χ3v) is 5.28. The third-order valence-electron chi connectivity index (χ3n) is 5.28. The van der Waals surface area contributed by atoms with Crippen LogP contribution in [0.4, 0.5) is 4.39 Å². The fourth-order valence-corrected chi connectivity index (χ4v) is 3.78. The molecule has 0 spiro atoms. The Bertz CT molecular complexity index is 1020. The molecule has 0 N–H and O–H groups in total. The molecule has 0 unspecified atom stereocenters. The topological polar surface area (TPSA) is 59.0 Å². The summed E-state index contributed by atoms with van der Waals surface area (Å²) in [6.07, 6.45) is 5.05. The van der Waals surface area contributed by atoms with E-state index in [2.05, 4.69) is 16.0 Å². The van der Waals surface area contributed by atoms with E-state index in [9.17, 15) is 9.18 Å². The smallest absolute Gasteiger partial charge is 0.274 e. The maximum Gasteiger partial charge on any atom is 0.274 e. The van der Waals surface area contributed by atoms with Crippen molar-refractivity contribution < 1.29 is 9.18 Å². The van der Waals surface area contributed by atoms with Crippen LogP contribution in [-0.4, -0.2) is 38.8 Å². The molecule has 0 radical (unpaired) electrons. The summed E-state index contributed by atoms with van der Waals surface area (Å²) in [5.41, 5.74) is 5.01. The number of pyridine rings is 1. The van der Waals surface area contributed by atoms with E-state index in [1.54, 1.807) is 24.5 Å². The van der Waals surface area contributed by atoms with Gasteiger partial charge in [0.2, 0.25) is 0 Å². The molecule has 1 atom stereocenters. The first-order valence-corrected chi connectivity index (χ1v) is 9.82. The lowest BCUT2D eigenvalue weighted by Gasteiger charge is -2.32. The molecule has 0 saturated carbocycles. The van der Waals surface area contributed by atoms with Gasteiger partial charge in [0.05, 0.1) is 11.9 Å². The number of nitrogens with zero attached hydrogens (tertiary/aromatic N) is 4. The van der Waals surface area contributed by atoms with Gasteiger partial charge in [0.15, 0.2) is 0 Å². The van der Waals surface area contributed by atoms with Gasteiger partial charge in [0, 0.05) is 36.6 Å². The molecular weight excluding hydrogens is 367 g/mol. The van der Waals surface area contributed by atoms with Crippen LogP contribution in [0.1, 0.15) is 46.3 Å². The van der Waals surface area contributed by atoms with Crippen molar-refractivity contribution in [3.05, 3.63) is 77.4 Å². The zero-order valence-corrected chi connectivity index (χ0v) is 16.6. The van der Waals surface area contributed by atoms with Gasteiger partial charge in [-0.25, -0.2) is 9.37 Å². The van der Waals surface area contributed by atoms with E-state index in [1.807, 2.05) is 24.8 Å². The van der Waals surface area contributed by atoms with Crippen molar-refractivity contribution in [1.82, 2.24) is 19.9 Å².